The zero-order chi connectivity index (χ0) is 19.7. The quantitative estimate of drug-likeness (QED) is 0.859. The number of anilines is 2. The van der Waals surface area contributed by atoms with Gasteiger partial charge in [0, 0.05) is 37.6 Å². The molecule has 6 nitrogen and oxygen atoms in total. The van der Waals surface area contributed by atoms with Crippen LogP contribution in [0.25, 0.3) is 0 Å². The van der Waals surface area contributed by atoms with Crippen molar-refractivity contribution in [3.63, 3.8) is 0 Å². The summed E-state index contributed by atoms with van der Waals surface area (Å²) in [4.78, 5) is 35.5. The van der Waals surface area contributed by atoms with Gasteiger partial charge in [-0.05, 0) is 49.9 Å². The molecule has 0 unspecified atom stereocenters. The van der Waals surface area contributed by atoms with Crippen molar-refractivity contribution >= 4 is 34.7 Å². The molecule has 2 aliphatic heterocycles. The number of carbonyl (C=O) groups is 2. The van der Waals surface area contributed by atoms with Gasteiger partial charge in [-0.2, -0.15) is 0 Å². The van der Waals surface area contributed by atoms with Crippen LogP contribution < -0.4 is 10.2 Å². The second-order valence-electron chi connectivity index (χ2n) is 7.69. The molecule has 2 aromatic rings. The predicted molar refractivity (Wildman–Crippen MR) is 112 cm³/mol. The smallest absolute Gasteiger partial charge is 0.264 e. The lowest BCUT2D eigenvalue weighted by atomic mass is 9.98. The molecule has 28 heavy (non-hydrogen) atoms. The molecule has 0 radical (unpaired) electrons. The molecule has 148 valence electrons. The van der Waals surface area contributed by atoms with Gasteiger partial charge in [0.2, 0.25) is 5.91 Å². The molecule has 2 saturated heterocycles. The summed E-state index contributed by atoms with van der Waals surface area (Å²) in [5, 5.41) is 2.91. The van der Waals surface area contributed by atoms with Gasteiger partial charge < -0.3 is 15.1 Å². The van der Waals surface area contributed by atoms with Gasteiger partial charge in [0.1, 0.15) is 0 Å². The molecule has 0 spiro atoms. The Kier molecular flexibility index (Phi) is 5.35. The zero-order valence-electron chi connectivity index (χ0n) is 16.4. The first-order valence-corrected chi connectivity index (χ1v) is 10.7. The maximum atomic E-state index is 13.0. The molecule has 7 heteroatoms. The number of pyridine rings is 1. The lowest BCUT2D eigenvalue weighted by Gasteiger charge is -2.32. The molecule has 2 amide bonds. The molecule has 2 aliphatic rings. The third-order valence-electron chi connectivity index (χ3n) is 5.64. The maximum absolute atomic E-state index is 13.0. The molecular weight excluding hydrogens is 372 g/mol. The van der Waals surface area contributed by atoms with Gasteiger partial charge in [-0.15, -0.1) is 11.3 Å². The third-order valence-corrected chi connectivity index (χ3v) is 6.63. The Hall–Kier alpha value is -2.41. The van der Waals surface area contributed by atoms with E-state index in [9.17, 15) is 9.59 Å². The molecule has 0 aliphatic carbocycles. The fourth-order valence-corrected chi connectivity index (χ4v) is 5.23. The lowest BCUT2D eigenvalue weighted by Crippen LogP contribution is -2.42. The van der Waals surface area contributed by atoms with Gasteiger partial charge in [-0.3, -0.25) is 9.59 Å². The van der Waals surface area contributed by atoms with Gasteiger partial charge in [0.15, 0.2) is 5.82 Å². The zero-order valence-corrected chi connectivity index (χ0v) is 17.2. The minimum absolute atomic E-state index is 0.100. The number of fused-ring (bicyclic) bond motifs is 1. The second kappa shape index (κ2) is 7.91. The summed E-state index contributed by atoms with van der Waals surface area (Å²) in [7, 11) is 0. The monoisotopic (exact) mass is 398 g/mol. The first kappa shape index (κ1) is 18.9. The number of nitrogens with one attached hydrogen (secondary N) is 1. The van der Waals surface area contributed by atoms with Crippen molar-refractivity contribution in [1.29, 1.82) is 0 Å². The van der Waals surface area contributed by atoms with Gasteiger partial charge >= 0.3 is 0 Å². The number of rotatable bonds is 3. The average Bonchev–Trinajstić information content (AvgIpc) is 3.24. The highest BCUT2D eigenvalue weighted by molar-refractivity contribution is 7.13. The highest BCUT2D eigenvalue weighted by Crippen LogP contribution is 2.36. The normalized spacial score (nSPS) is 21.9. The van der Waals surface area contributed by atoms with E-state index in [1.165, 1.54) is 6.92 Å². The number of aromatic nitrogens is 1. The highest BCUT2D eigenvalue weighted by Gasteiger charge is 2.41. The van der Waals surface area contributed by atoms with Crippen molar-refractivity contribution < 1.29 is 9.59 Å². The van der Waals surface area contributed by atoms with Crippen LogP contribution in [0.15, 0.2) is 30.5 Å². The molecule has 0 aromatic carbocycles. The number of aryl methyl sites for hydroxylation is 1. The molecule has 4 rings (SSSR count). The fourth-order valence-electron chi connectivity index (χ4n) is 4.39. The van der Waals surface area contributed by atoms with Crippen molar-refractivity contribution in [2.24, 2.45) is 5.92 Å². The maximum Gasteiger partial charge on any atom is 0.264 e. The Morgan fingerprint density at radius 1 is 1.21 bits per heavy atom. The van der Waals surface area contributed by atoms with E-state index in [0.29, 0.717) is 12.5 Å². The van der Waals surface area contributed by atoms with Crippen LogP contribution in [0.4, 0.5) is 11.5 Å². The Labute approximate surface area is 169 Å². The van der Waals surface area contributed by atoms with Gasteiger partial charge in [0.05, 0.1) is 16.6 Å². The van der Waals surface area contributed by atoms with Crippen LogP contribution >= 0.6 is 11.3 Å². The van der Waals surface area contributed by atoms with Crippen LogP contribution in [0.1, 0.15) is 40.7 Å². The average molecular weight is 399 g/mol. The van der Waals surface area contributed by atoms with Gasteiger partial charge in [-0.25, -0.2) is 4.98 Å². The molecule has 2 atom stereocenters. The Morgan fingerprint density at radius 3 is 2.82 bits per heavy atom. The number of thiophene rings is 1. The number of amides is 2. The topological polar surface area (TPSA) is 65.5 Å². The number of hydrogen-bond acceptors (Lipinski definition) is 5. The van der Waals surface area contributed by atoms with Crippen LogP contribution in [0.2, 0.25) is 0 Å². The lowest BCUT2D eigenvalue weighted by molar-refractivity contribution is -0.114. The van der Waals surface area contributed by atoms with Crippen molar-refractivity contribution in [1.82, 2.24) is 9.88 Å². The van der Waals surface area contributed by atoms with E-state index in [1.54, 1.807) is 17.5 Å². The standard InChI is InChI=1S/C21H26N4O2S/c1-14-8-9-19(28-14)21(27)24-12-16-6-3-4-11-25(18(16)13-24)20-17(23-15(2)26)7-5-10-22-20/h5,7-10,16,18H,3-4,6,11-13H2,1-2H3,(H,23,26)/t16-,18+/m1/s1. The summed E-state index contributed by atoms with van der Waals surface area (Å²) in [6.45, 7) is 5.93. The Balaban J connectivity index is 1.60. The highest BCUT2D eigenvalue weighted by atomic mass is 32.1. The van der Waals surface area contributed by atoms with E-state index in [-0.39, 0.29) is 17.9 Å². The van der Waals surface area contributed by atoms with Gasteiger partial charge in [0.25, 0.3) is 5.91 Å². The van der Waals surface area contributed by atoms with Gasteiger partial charge in [-0.1, -0.05) is 6.42 Å². The van der Waals surface area contributed by atoms with Crippen molar-refractivity contribution in [2.75, 3.05) is 29.9 Å². The summed E-state index contributed by atoms with van der Waals surface area (Å²) in [5.74, 6) is 1.28. The van der Waals surface area contributed by atoms with E-state index in [2.05, 4.69) is 15.2 Å². The van der Waals surface area contributed by atoms with E-state index < -0.39 is 0 Å². The predicted octanol–water partition coefficient (Wildman–Crippen LogP) is 3.54. The largest absolute Gasteiger partial charge is 0.350 e. The Bertz CT molecular complexity index is 881. The minimum atomic E-state index is -0.100. The molecule has 1 N–H and O–H groups in total. The first-order chi connectivity index (χ1) is 13.5. The number of nitrogens with zero attached hydrogens (tertiary/aromatic N) is 3. The minimum Gasteiger partial charge on any atom is -0.350 e. The van der Waals surface area contributed by atoms with Crippen LogP contribution in [-0.4, -0.2) is 47.4 Å². The molecular formula is C21H26N4O2S. The third kappa shape index (κ3) is 3.76. The molecule has 4 heterocycles. The van der Waals surface area contributed by atoms with Crippen molar-refractivity contribution in [3.8, 4) is 0 Å². The summed E-state index contributed by atoms with van der Waals surface area (Å²) < 4.78 is 0. The number of hydrogen-bond donors (Lipinski definition) is 1. The fraction of sp³-hybridized carbons (Fsp3) is 0.476. The second-order valence-corrected chi connectivity index (χ2v) is 8.98. The summed E-state index contributed by atoms with van der Waals surface area (Å²) >= 11 is 1.56. The summed E-state index contributed by atoms with van der Waals surface area (Å²) in [6, 6.07) is 7.91. The summed E-state index contributed by atoms with van der Waals surface area (Å²) in [5.41, 5.74) is 0.745. The molecule has 2 fully saturated rings. The van der Waals surface area contributed by atoms with Crippen molar-refractivity contribution in [3.05, 3.63) is 40.2 Å². The van der Waals surface area contributed by atoms with Crippen LogP contribution in [0.5, 0.6) is 0 Å². The number of likely N-dealkylation sites (tertiary alicyclic amines) is 1. The molecule has 2 aromatic heterocycles. The number of carbonyl (C=O) groups excluding carboxylic acids is 2. The molecule has 0 saturated carbocycles. The van der Waals surface area contributed by atoms with E-state index in [4.69, 9.17) is 0 Å². The van der Waals surface area contributed by atoms with E-state index in [0.717, 1.165) is 53.6 Å². The molecule has 0 bridgehead atoms. The van der Waals surface area contributed by atoms with Crippen molar-refractivity contribution in [2.45, 2.75) is 39.2 Å². The van der Waals surface area contributed by atoms with Crippen LogP contribution in [0, 0.1) is 12.8 Å². The summed E-state index contributed by atoms with van der Waals surface area (Å²) in [6.07, 6.45) is 5.14. The van der Waals surface area contributed by atoms with E-state index >= 15 is 0 Å². The first-order valence-electron chi connectivity index (χ1n) is 9.88. The SMILES string of the molecule is CC(=O)Nc1cccnc1N1CCCC[C@@H]2CN(C(=O)c3ccc(C)s3)C[C@@H]21. The van der Waals surface area contributed by atoms with E-state index in [1.807, 2.05) is 36.1 Å². The Morgan fingerprint density at radius 2 is 2.07 bits per heavy atom. The van der Waals surface area contributed by atoms with Crippen LogP contribution in [-0.2, 0) is 4.79 Å². The van der Waals surface area contributed by atoms with Crippen LogP contribution in [0.3, 0.4) is 0 Å².